The molecule has 204 valence electrons. The number of halogens is 8. The number of hydrogen-bond acceptors (Lipinski definition) is 4. The summed E-state index contributed by atoms with van der Waals surface area (Å²) in [5, 5.41) is 4.86. The number of carbonyl (C=O) groups is 2. The molecule has 0 aliphatic carbocycles. The minimum Gasteiger partial charge on any atom is -0.349 e. The molecule has 2 aromatic carbocycles. The van der Waals surface area contributed by atoms with Crippen LogP contribution in [0.3, 0.4) is 0 Å². The highest BCUT2D eigenvalue weighted by molar-refractivity contribution is 14.1. The van der Waals surface area contributed by atoms with Gasteiger partial charge in [0.05, 0.1) is 22.6 Å². The summed E-state index contributed by atoms with van der Waals surface area (Å²) in [4.78, 5) is 25.9. The van der Waals surface area contributed by atoms with Crippen LogP contribution in [0.4, 0.5) is 32.0 Å². The summed E-state index contributed by atoms with van der Waals surface area (Å²) in [6.45, 7) is 2.94. The van der Waals surface area contributed by atoms with E-state index in [1.165, 1.54) is 32.0 Å². The first-order chi connectivity index (χ1) is 16.9. The summed E-state index contributed by atoms with van der Waals surface area (Å²) in [7, 11) is -3.40. The predicted octanol–water partition coefficient (Wildman–Crippen LogP) is 5.85. The van der Waals surface area contributed by atoms with Gasteiger partial charge in [-0.2, -0.15) is 13.2 Å². The SMILES string of the molecule is CCS(=O)(=O)C[C@H](C)NC(=O)c1c(I)cccc1C(=O)Nc1ccc(C(F)(C(F)F)C(F)(F)F)cc1Br. The summed E-state index contributed by atoms with van der Waals surface area (Å²) in [5.41, 5.74) is -6.73. The third-order valence-electron chi connectivity index (χ3n) is 5.16. The van der Waals surface area contributed by atoms with Crippen LogP contribution in [-0.4, -0.2) is 50.4 Å². The van der Waals surface area contributed by atoms with E-state index in [4.69, 9.17) is 0 Å². The van der Waals surface area contributed by atoms with E-state index in [-0.39, 0.29) is 32.8 Å². The molecule has 0 heterocycles. The normalized spacial score (nSPS) is 14.7. The molecule has 2 amide bonds. The van der Waals surface area contributed by atoms with Gasteiger partial charge in [0.1, 0.15) is 0 Å². The van der Waals surface area contributed by atoms with Crippen molar-refractivity contribution in [3.05, 3.63) is 61.1 Å². The monoisotopic (exact) mass is 728 g/mol. The van der Waals surface area contributed by atoms with Crippen molar-refractivity contribution in [1.29, 1.82) is 0 Å². The number of anilines is 1. The molecule has 6 nitrogen and oxygen atoms in total. The summed E-state index contributed by atoms with van der Waals surface area (Å²) in [5.74, 6) is -2.08. The Balaban J connectivity index is 2.36. The average molecular weight is 729 g/mol. The molecule has 0 spiro atoms. The predicted molar refractivity (Wildman–Crippen MR) is 137 cm³/mol. The van der Waals surface area contributed by atoms with Crippen LogP contribution in [0, 0.1) is 3.57 Å². The maximum atomic E-state index is 14.3. The lowest BCUT2D eigenvalue weighted by Gasteiger charge is -2.27. The fourth-order valence-corrected chi connectivity index (χ4v) is 5.53. The molecule has 2 N–H and O–H groups in total. The molecule has 37 heavy (non-hydrogen) atoms. The maximum Gasteiger partial charge on any atom is 0.432 e. The molecule has 0 radical (unpaired) electrons. The zero-order chi connectivity index (χ0) is 28.3. The number of hydrogen-bond donors (Lipinski definition) is 2. The second-order valence-corrected chi connectivity index (χ2v) is 12.3. The second-order valence-electron chi connectivity index (χ2n) is 7.89. The lowest BCUT2D eigenvalue weighted by Crippen LogP contribution is -2.44. The van der Waals surface area contributed by atoms with Crippen LogP contribution < -0.4 is 10.6 Å². The highest BCUT2D eigenvalue weighted by Crippen LogP contribution is 2.48. The van der Waals surface area contributed by atoms with Gasteiger partial charge in [-0.15, -0.1) is 0 Å². The lowest BCUT2D eigenvalue weighted by molar-refractivity contribution is -0.274. The van der Waals surface area contributed by atoms with Crippen LogP contribution in [0.25, 0.3) is 0 Å². The Hall–Kier alpha value is -1.88. The second kappa shape index (κ2) is 11.9. The van der Waals surface area contributed by atoms with E-state index in [0.29, 0.717) is 15.7 Å². The summed E-state index contributed by atoms with van der Waals surface area (Å²) >= 11 is 4.65. The molecule has 2 aromatic rings. The Kier molecular flexibility index (Phi) is 10.1. The zero-order valence-electron chi connectivity index (χ0n) is 19.1. The molecule has 2 rings (SSSR count). The van der Waals surface area contributed by atoms with E-state index in [1.54, 1.807) is 22.6 Å². The minimum absolute atomic E-state index is 0.0911. The van der Waals surface area contributed by atoms with E-state index in [2.05, 4.69) is 26.6 Å². The van der Waals surface area contributed by atoms with Crippen molar-refractivity contribution in [2.75, 3.05) is 16.8 Å². The van der Waals surface area contributed by atoms with Crippen molar-refractivity contribution in [3.8, 4) is 0 Å². The van der Waals surface area contributed by atoms with Gasteiger partial charge in [-0.3, -0.25) is 9.59 Å². The minimum atomic E-state index is -5.90. The highest BCUT2D eigenvalue weighted by atomic mass is 127. The Morgan fingerprint density at radius 3 is 2.22 bits per heavy atom. The lowest BCUT2D eigenvalue weighted by atomic mass is 9.95. The van der Waals surface area contributed by atoms with Gasteiger partial charge in [0.25, 0.3) is 23.9 Å². The fraction of sp³-hybridized carbons (Fsp3) is 0.364. The number of carbonyl (C=O) groups excluding carboxylic acids is 2. The van der Waals surface area contributed by atoms with E-state index >= 15 is 0 Å². The van der Waals surface area contributed by atoms with Crippen LogP contribution in [0.2, 0.25) is 0 Å². The van der Waals surface area contributed by atoms with Crippen molar-refractivity contribution in [2.24, 2.45) is 0 Å². The molecule has 0 saturated heterocycles. The molecular weight excluding hydrogens is 709 g/mol. The molecule has 0 aromatic heterocycles. The van der Waals surface area contributed by atoms with Gasteiger partial charge < -0.3 is 10.6 Å². The number of alkyl halides is 6. The van der Waals surface area contributed by atoms with E-state index < -0.39 is 51.5 Å². The van der Waals surface area contributed by atoms with Crippen molar-refractivity contribution >= 4 is 65.9 Å². The fourth-order valence-electron chi connectivity index (χ4n) is 3.23. The largest absolute Gasteiger partial charge is 0.432 e. The average Bonchev–Trinajstić information content (AvgIpc) is 2.78. The third kappa shape index (κ3) is 7.16. The van der Waals surface area contributed by atoms with Gasteiger partial charge in [-0.05, 0) is 69.7 Å². The topological polar surface area (TPSA) is 92.3 Å². The Bertz CT molecular complexity index is 1290. The van der Waals surface area contributed by atoms with Crippen LogP contribution in [0.1, 0.15) is 40.1 Å². The zero-order valence-corrected chi connectivity index (χ0v) is 23.7. The van der Waals surface area contributed by atoms with Gasteiger partial charge in [-0.25, -0.2) is 21.6 Å². The van der Waals surface area contributed by atoms with Crippen LogP contribution in [0.5, 0.6) is 0 Å². The quantitative estimate of drug-likeness (QED) is 0.251. The first-order valence-electron chi connectivity index (χ1n) is 10.4. The Labute approximate surface area is 230 Å². The van der Waals surface area contributed by atoms with Crippen molar-refractivity contribution < 1.29 is 44.3 Å². The number of benzene rings is 2. The Morgan fingerprint density at radius 1 is 1.08 bits per heavy atom. The number of sulfone groups is 1. The first-order valence-corrected chi connectivity index (χ1v) is 14.1. The maximum absolute atomic E-state index is 14.3. The molecule has 2 atom stereocenters. The third-order valence-corrected chi connectivity index (χ3v) is 8.60. The molecule has 1 unspecified atom stereocenters. The first kappa shape index (κ1) is 31.3. The van der Waals surface area contributed by atoms with E-state index in [1.807, 2.05) is 0 Å². The molecule has 0 saturated carbocycles. The van der Waals surface area contributed by atoms with Gasteiger partial charge >= 0.3 is 6.18 Å². The number of amides is 2. The van der Waals surface area contributed by atoms with Crippen LogP contribution >= 0.6 is 38.5 Å². The molecule has 0 bridgehead atoms. The Morgan fingerprint density at radius 2 is 1.70 bits per heavy atom. The molecule has 15 heteroatoms. The van der Waals surface area contributed by atoms with Crippen molar-refractivity contribution in [1.82, 2.24) is 5.32 Å². The smallest absolute Gasteiger partial charge is 0.349 e. The highest BCUT2D eigenvalue weighted by Gasteiger charge is 2.64. The summed E-state index contributed by atoms with van der Waals surface area (Å²) in [6.07, 6.45) is -10.3. The standard InChI is InChI=1S/C22H20BrF6IN2O4S/c1-3-37(35,36)10-11(2)31-19(34)17-13(5-4-6-15(17)30)18(33)32-16-8-7-12(9-14(16)23)21(26,20(24)25)22(27,28)29/h4-9,11,20H,3,10H2,1-2H3,(H,31,34)(H,32,33)/t11-,21?/m0/s1. The molecule has 0 aliphatic heterocycles. The molecule has 0 fully saturated rings. The summed E-state index contributed by atoms with van der Waals surface area (Å²) in [6, 6.07) is 5.24. The van der Waals surface area contributed by atoms with Gasteiger partial charge in [0.15, 0.2) is 9.84 Å². The van der Waals surface area contributed by atoms with E-state index in [9.17, 15) is 44.3 Å². The number of nitrogens with one attached hydrogen (secondary N) is 2. The van der Waals surface area contributed by atoms with E-state index in [0.717, 1.165) is 6.07 Å². The number of rotatable bonds is 9. The van der Waals surface area contributed by atoms with Gasteiger partial charge in [0, 0.05) is 25.4 Å². The van der Waals surface area contributed by atoms with Crippen LogP contribution in [-0.2, 0) is 15.5 Å². The molecular formula is C22H20BrF6IN2O4S. The van der Waals surface area contributed by atoms with Gasteiger partial charge in [0.2, 0.25) is 0 Å². The van der Waals surface area contributed by atoms with Crippen molar-refractivity contribution in [2.45, 2.75) is 38.2 Å². The summed E-state index contributed by atoms with van der Waals surface area (Å²) < 4.78 is 103. The van der Waals surface area contributed by atoms with Crippen LogP contribution in [0.15, 0.2) is 40.9 Å². The molecule has 0 aliphatic rings. The van der Waals surface area contributed by atoms with Crippen molar-refractivity contribution in [3.63, 3.8) is 0 Å². The van der Waals surface area contributed by atoms with Gasteiger partial charge in [-0.1, -0.05) is 19.1 Å².